The van der Waals surface area contributed by atoms with Gasteiger partial charge >= 0.3 is 0 Å². The number of methoxy groups -OCH3 is 1. The highest BCUT2D eigenvalue weighted by Crippen LogP contribution is 2.36. The van der Waals surface area contributed by atoms with E-state index in [-0.39, 0.29) is 22.9 Å². The molecule has 0 amide bonds. The zero-order valence-corrected chi connectivity index (χ0v) is 21.1. The van der Waals surface area contributed by atoms with E-state index in [0.29, 0.717) is 17.9 Å². The Bertz CT molecular complexity index is 1130. The summed E-state index contributed by atoms with van der Waals surface area (Å²) in [5.74, 6) is 1.38. The number of hydrogen-bond donors (Lipinski definition) is 0. The third kappa shape index (κ3) is 6.25. The van der Waals surface area contributed by atoms with Crippen molar-refractivity contribution in [2.45, 2.75) is 59.5 Å². The van der Waals surface area contributed by atoms with Gasteiger partial charge in [0.15, 0.2) is 0 Å². The SMILES string of the molecule is CC[C@H](Cc1ccc(OCc2ccc(C(C)(C)C)c(-c3cc(OC)ccc3F)c2)cc1)C(C)=O. The number of Topliss-reactive ketones (excluding diaryl/α,β-unsaturated/α-hetero) is 1. The second-order valence-electron chi connectivity index (χ2n) is 9.83. The highest BCUT2D eigenvalue weighted by atomic mass is 19.1. The van der Waals surface area contributed by atoms with Crippen LogP contribution < -0.4 is 9.47 Å². The van der Waals surface area contributed by atoms with Crippen molar-refractivity contribution in [3.05, 3.63) is 83.2 Å². The van der Waals surface area contributed by atoms with Crippen LogP contribution in [0.4, 0.5) is 4.39 Å². The van der Waals surface area contributed by atoms with Crippen molar-refractivity contribution >= 4 is 5.78 Å². The Hall–Kier alpha value is -3.14. The number of ketones is 1. The summed E-state index contributed by atoms with van der Waals surface area (Å²) in [4.78, 5) is 11.7. The van der Waals surface area contributed by atoms with Crippen LogP contribution in [0.25, 0.3) is 11.1 Å². The smallest absolute Gasteiger partial charge is 0.133 e. The van der Waals surface area contributed by atoms with Gasteiger partial charge in [0, 0.05) is 11.5 Å². The van der Waals surface area contributed by atoms with Gasteiger partial charge in [0.1, 0.15) is 29.7 Å². The summed E-state index contributed by atoms with van der Waals surface area (Å²) < 4.78 is 26.2. The van der Waals surface area contributed by atoms with Gasteiger partial charge in [-0.3, -0.25) is 4.79 Å². The number of carbonyl (C=O) groups excluding carboxylic acids is 1. The number of hydrogen-bond acceptors (Lipinski definition) is 3. The largest absolute Gasteiger partial charge is 0.497 e. The molecular weight excluding hydrogens is 427 g/mol. The summed E-state index contributed by atoms with van der Waals surface area (Å²) in [5, 5.41) is 0. The summed E-state index contributed by atoms with van der Waals surface area (Å²) in [6, 6.07) is 18.8. The van der Waals surface area contributed by atoms with Crippen molar-refractivity contribution in [3.8, 4) is 22.6 Å². The van der Waals surface area contributed by atoms with Crippen molar-refractivity contribution in [3.63, 3.8) is 0 Å². The molecule has 3 nitrogen and oxygen atoms in total. The summed E-state index contributed by atoms with van der Waals surface area (Å²) in [5.41, 5.74) is 4.35. The molecule has 180 valence electrons. The number of rotatable bonds is 9. The normalized spacial score (nSPS) is 12.3. The topological polar surface area (TPSA) is 35.5 Å². The molecule has 0 heterocycles. The maximum Gasteiger partial charge on any atom is 0.133 e. The monoisotopic (exact) mass is 462 g/mol. The summed E-state index contributed by atoms with van der Waals surface area (Å²) in [6.45, 7) is 10.4. The molecule has 0 bridgehead atoms. The Morgan fingerprint density at radius 1 is 0.912 bits per heavy atom. The Morgan fingerprint density at radius 2 is 1.56 bits per heavy atom. The van der Waals surface area contributed by atoms with Gasteiger partial charge < -0.3 is 9.47 Å². The first kappa shape index (κ1) is 25.5. The van der Waals surface area contributed by atoms with E-state index in [1.807, 2.05) is 43.3 Å². The van der Waals surface area contributed by atoms with Gasteiger partial charge in [-0.2, -0.15) is 0 Å². The lowest BCUT2D eigenvalue weighted by Crippen LogP contribution is -2.13. The molecule has 0 saturated heterocycles. The number of carbonyl (C=O) groups is 1. The zero-order valence-electron chi connectivity index (χ0n) is 21.1. The van der Waals surface area contributed by atoms with Crippen molar-refractivity contribution in [1.82, 2.24) is 0 Å². The zero-order chi connectivity index (χ0) is 24.9. The molecule has 0 radical (unpaired) electrons. The molecule has 0 unspecified atom stereocenters. The molecule has 3 aromatic carbocycles. The van der Waals surface area contributed by atoms with Crippen LogP contribution in [-0.4, -0.2) is 12.9 Å². The molecule has 0 aliphatic rings. The van der Waals surface area contributed by atoms with E-state index in [9.17, 15) is 9.18 Å². The molecule has 4 heteroatoms. The predicted octanol–water partition coefficient (Wildman–Crippen LogP) is 7.54. The molecule has 3 aromatic rings. The fourth-order valence-corrected chi connectivity index (χ4v) is 4.14. The molecule has 0 saturated carbocycles. The maximum absolute atomic E-state index is 14.8. The first-order valence-corrected chi connectivity index (χ1v) is 11.8. The Balaban J connectivity index is 1.82. The van der Waals surface area contributed by atoms with Crippen LogP contribution in [0.3, 0.4) is 0 Å². The van der Waals surface area contributed by atoms with E-state index in [0.717, 1.165) is 40.8 Å². The van der Waals surface area contributed by atoms with Gasteiger partial charge in [-0.05, 0) is 83.8 Å². The summed E-state index contributed by atoms with van der Waals surface area (Å²) in [7, 11) is 1.58. The molecular formula is C30H35FO3. The van der Waals surface area contributed by atoms with Gasteiger partial charge in [-0.1, -0.05) is 52.0 Å². The van der Waals surface area contributed by atoms with Crippen LogP contribution in [0.2, 0.25) is 0 Å². The summed E-state index contributed by atoms with van der Waals surface area (Å²) >= 11 is 0. The van der Waals surface area contributed by atoms with Gasteiger partial charge in [-0.15, -0.1) is 0 Å². The molecule has 0 N–H and O–H groups in total. The molecule has 0 aromatic heterocycles. The first-order valence-electron chi connectivity index (χ1n) is 11.8. The van der Waals surface area contributed by atoms with Crippen LogP contribution in [0, 0.1) is 11.7 Å². The Labute approximate surface area is 202 Å². The lowest BCUT2D eigenvalue weighted by atomic mass is 9.81. The number of ether oxygens (including phenoxy) is 2. The van der Waals surface area contributed by atoms with Gasteiger partial charge in [0.25, 0.3) is 0 Å². The van der Waals surface area contributed by atoms with E-state index in [1.165, 1.54) is 6.07 Å². The highest BCUT2D eigenvalue weighted by Gasteiger charge is 2.21. The fourth-order valence-electron chi connectivity index (χ4n) is 4.14. The van der Waals surface area contributed by atoms with Crippen LogP contribution in [-0.2, 0) is 23.2 Å². The van der Waals surface area contributed by atoms with Crippen molar-refractivity contribution in [2.75, 3.05) is 7.11 Å². The van der Waals surface area contributed by atoms with Crippen LogP contribution in [0.5, 0.6) is 11.5 Å². The molecule has 3 rings (SSSR count). The fraction of sp³-hybridized carbons (Fsp3) is 0.367. The molecule has 0 aliphatic heterocycles. The average molecular weight is 463 g/mol. The Morgan fingerprint density at radius 3 is 2.15 bits per heavy atom. The van der Waals surface area contributed by atoms with Crippen molar-refractivity contribution in [2.24, 2.45) is 5.92 Å². The minimum Gasteiger partial charge on any atom is -0.497 e. The Kier molecular flexibility index (Phi) is 8.14. The van der Waals surface area contributed by atoms with E-state index in [4.69, 9.17) is 9.47 Å². The minimum atomic E-state index is -0.282. The van der Waals surface area contributed by atoms with Gasteiger partial charge in [0.2, 0.25) is 0 Å². The first-order chi connectivity index (χ1) is 16.1. The second kappa shape index (κ2) is 10.9. The predicted molar refractivity (Wildman–Crippen MR) is 136 cm³/mol. The van der Waals surface area contributed by atoms with Crippen LogP contribution in [0.15, 0.2) is 60.7 Å². The lowest BCUT2D eigenvalue weighted by molar-refractivity contribution is -0.120. The second-order valence-corrected chi connectivity index (χ2v) is 9.83. The van der Waals surface area contributed by atoms with Crippen molar-refractivity contribution in [1.29, 1.82) is 0 Å². The van der Waals surface area contributed by atoms with E-state index in [2.05, 4.69) is 26.8 Å². The lowest BCUT2D eigenvalue weighted by Gasteiger charge is -2.24. The standard InChI is InChI=1S/C30H35FO3/c1-7-23(20(2)32)16-21-8-11-24(12-9-21)34-19-22-10-14-28(30(3,4)5)26(17-22)27-18-25(33-6)13-15-29(27)31/h8-15,17-18,23H,7,16,19H2,1-6H3/t23-/m1/s1. The third-order valence-electron chi connectivity index (χ3n) is 6.23. The maximum atomic E-state index is 14.8. The van der Waals surface area contributed by atoms with E-state index >= 15 is 0 Å². The molecule has 0 fully saturated rings. The van der Waals surface area contributed by atoms with E-state index < -0.39 is 0 Å². The molecule has 0 spiro atoms. The van der Waals surface area contributed by atoms with Crippen molar-refractivity contribution < 1.29 is 18.7 Å². The molecule has 34 heavy (non-hydrogen) atoms. The quantitative estimate of drug-likeness (QED) is 0.330. The number of halogens is 1. The third-order valence-corrected chi connectivity index (χ3v) is 6.23. The average Bonchev–Trinajstić information content (AvgIpc) is 2.81. The highest BCUT2D eigenvalue weighted by molar-refractivity contribution is 5.78. The number of benzene rings is 3. The molecule has 1 atom stereocenters. The van der Waals surface area contributed by atoms with Crippen LogP contribution >= 0.6 is 0 Å². The van der Waals surface area contributed by atoms with Crippen LogP contribution in [0.1, 0.15) is 57.7 Å². The molecule has 0 aliphatic carbocycles. The van der Waals surface area contributed by atoms with Gasteiger partial charge in [-0.25, -0.2) is 4.39 Å². The summed E-state index contributed by atoms with van der Waals surface area (Å²) in [6.07, 6.45) is 1.59. The van der Waals surface area contributed by atoms with Gasteiger partial charge in [0.05, 0.1) is 7.11 Å². The minimum absolute atomic E-state index is 0.0588. The van der Waals surface area contributed by atoms with E-state index in [1.54, 1.807) is 26.2 Å².